The second kappa shape index (κ2) is 8.39. The summed E-state index contributed by atoms with van der Waals surface area (Å²) in [6, 6.07) is 11.6. The zero-order chi connectivity index (χ0) is 21.4. The molecule has 164 valence electrons. The molecule has 2 aliphatic rings. The summed E-state index contributed by atoms with van der Waals surface area (Å²) in [5, 5.41) is 7.20. The van der Waals surface area contributed by atoms with Crippen molar-refractivity contribution in [2.75, 3.05) is 6.54 Å². The summed E-state index contributed by atoms with van der Waals surface area (Å²) in [6.45, 7) is 7.11. The predicted octanol–water partition coefficient (Wildman–Crippen LogP) is 2.50. The largest absolute Gasteiger partial charge is 0.360 e. The highest BCUT2D eigenvalue weighted by molar-refractivity contribution is 7.87. The van der Waals surface area contributed by atoms with Crippen LogP contribution >= 0.6 is 0 Å². The van der Waals surface area contributed by atoms with Crippen LogP contribution in [0.15, 0.2) is 47.1 Å². The van der Waals surface area contributed by atoms with Crippen molar-refractivity contribution in [3.05, 3.63) is 53.9 Å². The first-order chi connectivity index (χ1) is 14.3. The molecular weight excluding hydrogens is 404 g/mol. The number of hydrogen-bond donors (Lipinski definition) is 1. The van der Waals surface area contributed by atoms with Crippen LogP contribution in [-0.4, -0.2) is 52.6 Å². The maximum Gasteiger partial charge on any atom is 0.285 e. The summed E-state index contributed by atoms with van der Waals surface area (Å²) in [5.74, 6) is 0.495. The minimum Gasteiger partial charge on any atom is -0.360 e. The number of benzene rings is 1. The Kier molecular flexibility index (Phi) is 6.00. The summed E-state index contributed by atoms with van der Waals surface area (Å²) in [5.41, 5.74) is 0.292. The molecule has 1 aromatic carbocycles. The van der Waals surface area contributed by atoms with Crippen LogP contribution in [0.3, 0.4) is 0 Å². The second-order valence-electron chi connectivity index (χ2n) is 8.47. The Labute approximate surface area is 178 Å². The quantitative estimate of drug-likeness (QED) is 0.752. The zero-order valence-corrected chi connectivity index (χ0v) is 18.5. The fourth-order valence-corrected chi connectivity index (χ4v) is 6.70. The van der Waals surface area contributed by atoms with Gasteiger partial charge >= 0.3 is 0 Å². The highest BCUT2D eigenvalue weighted by Gasteiger charge is 2.63. The Morgan fingerprint density at radius 3 is 2.67 bits per heavy atom. The molecule has 1 spiro atoms. The Balaban J connectivity index is 1.80. The standard InChI is InChI=1S/C21H30N4O4S/c1-16(2)28-20-21(10-12-22-17(3)13-21)25(14-18-7-5-4-6-8-18)30(26,27)24(20)15-19-9-11-23-29-19/h4-9,11,16-17,20,22H,10,12-15H2,1-3H3. The van der Waals surface area contributed by atoms with Crippen LogP contribution < -0.4 is 5.32 Å². The van der Waals surface area contributed by atoms with E-state index in [1.54, 1.807) is 10.4 Å². The lowest BCUT2D eigenvalue weighted by molar-refractivity contribution is -0.120. The number of nitrogens with zero attached hydrogens (tertiary/aromatic N) is 3. The van der Waals surface area contributed by atoms with Gasteiger partial charge in [0.05, 0.1) is 24.4 Å². The van der Waals surface area contributed by atoms with Gasteiger partial charge in [0.2, 0.25) is 0 Å². The van der Waals surface area contributed by atoms with Crippen LogP contribution in [0.4, 0.5) is 0 Å². The van der Waals surface area contributed by atoms with Gasteiger partial charge in [-0.1, -0.05) is 35.5 Å². The predicted molar refractivity (Wildman–Crippen MR) is 112 cm³/mol. The Hall–Kier alpha value is -1.78. The molecule has 0 bridgehead atoms. The zero-order valence-electron chi connectivity index (χ0n) is 17.7. The van der Waals surface area contributed by atoms with Crippen molar-refractivity contribution in [3.63, 3.8) is 0 Å². The van der Waals surface area contributed by atoms with E-state index in [0.29, 0.717) is 25.1 Å². The van der Waals surface area contributed by atoms with Gasteiger partial charge in [-0.3, -0.25) is 0 Å². The van der Waals surface area contributed by atoms with Gasteiger partial charge in [0, 0.05) is 18.7 Å². The molecule has 2 aromatic rings. The smallest absolute Gasteiger partial charge is 0.285 e. The van der Waals surface area contributed by atoms with Crippen molar-refractivity contribution in [2.24, 2.45) is 0 Å². The molecule has 8 nitrogen and oxygen atoms in total. The van der Waals surface area contributed by atoms with Gasteiger partial charge in [-0.15, -0.1) is 0 Å². The molecule has 9 heteroatoms. The first-order valence-electron chi connectivity index (χ1n) is 10.4. The SMILES string of the molecule is CC1CC2(CCN1)C(OC(C)C)N(Cc1ccno1)S(=O)(=O)N2Cc1ccccc1. The minimum atomic E-state index is -3.80. The summed E-state index contributed by atoms with van der Waals surface area (Å²) in [6.07, 6.45) is 2.14. The van der Waals surface area contributed by atoms with E-state index in [9.17, 15) is 8.42 Å². The molecule has 0 amide bonds. The maximum atomic E-state index is 13.9. The number of piperidine rings is 1. The lowest BCUT2D eigenvalue weighted by atomic mass is 9.82. The molecule has 3 atom stereocenters. The van der Waals surface area contributed by atoms with Crippen molar-refractivity contribution < 1.29 is 17.7 Å². The molecule has 1 aromatic heterocycles. The van der Waals surface area contributed by atoms with Gasteiger partial charge in [0.25, 0.3) is 10.2 Å². The summed E-state index contributed by atoms with van der Waals surface area (Å²) in [7, 11) is -3.80. The maximum absolute atomic E-state index is 13.9. The lowest BCUT2D eigenvalue weighted by Crippen LogP contribution is -2.60. The lowest BCUT2D eigenvalue weighted by Gasteiger charge is -2.45. The van der Waals surface area contributed by atoms with Crippen molar-refractivity contribution in [2.45, 2.75) is 70.6 Å². The van der Waals surface area contributed by atoms with Crippen LogP contribution in [0, 0.1) is 0 Å². The second-order valence-corrected chi connectivity index (χ2v) is 10.3. The fourth-order valence-electron chi connectivity index (χ4n) is 4.64. The minimum absolute atomic E-state index is 0.0918. The van der Waals surface area contributed by atoms with E-state index >= 15 is 0 Å². The van der Waals surface area contributed by atoms with E-state index in [2.05, 4.69) is 17.4 Å². The van der Waals surface area contributed by atoms with Gasteiger partial charge in [0.1, 0.15) is 6.23 Å². The third kappa shape index (κ3) is 3.92. The molecule has 0 saturated carbocycles. The Bertz CT molecular complexity index is 935. The van der Waals surface area contributed by atoms with Gasteiger partial charge in [0.15, 0.2) is 5.76 Å². The van der Waals surface area contributed by atoms with E-state index in [1.807, 2.05) is 44.2 Å². The monoisotopic (exact) mass is 434 g/mol. The number of nitrogens with one attached hydrogen (secondary N) is 1. The van der Waals surface area contributed by atoms with E-state index in [1.165, 1.54) is 10.5 Å². The van der Waals surface area contributed by atoms with Crippen LogP contribution in [0.1, 0.15) is 44.9 Å². The molecule has 30 heavy (non-hydrogen) atoms. The molecule has 0 radical (unpaired) electrons. The number of ether oxygens (including phenoxy) is 1. The average Bonchev–Trinajstić information content (AvgIpc) is 3.26. The Morgan fingerprint density at radius 1 is 1.27 bits per heavy atom. The number of aromatic nitrogens is 1. The van der Waals surface area contributed by atoms with Gasteiger partial charge in [-0.05, 0) is 45.7 Å². The highest BCUT2D eigenvalue weighted by atomic mass is 32.2. The summed E-state index contributed by atoms with van der Waals surface area (Å²) >= 11 is 0. The molecule has 2 aliphatic heterocycles. The normalized spacial score (nSPS) is 29.7. The molecule has 1 N–H and O–H groups in total. The molecule has 4 rings (SSSR count). The van der Waals surface area contributed by atoms with Crippen LogP contribution in [-0.2, 0) is 28.0 Å². The molecule has 0 aliphatic carbocycles. The highest BCUT2D eigenvalue weighted by Crippen LogP contribution is 2.46. The van der Waals surface area contributed by atoms with E-state index in [4.69, 9.17) is 9.26 Å². The molecule has 3 unspecified atom stereocenters. The first-order valence-corrected chi connectivity index (χ1v) is 11.8. The van der Waals surface area contributed by atoms with Crippen molar-refractivity contribution in [1.29, 1.82) is 0 Å². The van der Waals surface area contributed by atoms with Crippen LogP contribution in [0.2, 0.25) is 0 Å². The van der Waals surface area contributed by atoms with E-state index in [0.717, 1.165) is 12.1 Å². The summed E-state index contributed by atoms with van der Waals surface area (Å²) in [4.78, 5) is 0. The topological polar surface area (TPSA) is 87.9 Å². The van der Waals surface area contributed by atoms with E-state index in [-0.39, 0.29) is 18.7 Å². The van der Waals surface area contributed by atoms with Gasteiger partial charge in [-0.25, -0.2) is 0 Å². The molecule has 2 fully saturated rings. The van der Waals surface area contributed by atoms with Crippen molar-refractivity contribution in [3.8, 4) is 0 Å². The molecule has 2 saturated heterocycles. The van der Waals surface area contributed by atoms with Gasteiger partial charge in [-0.2, -0.15) is 17.0 Å². The third-order valence-corrected chi connectivity index (χ3v) is 7.84. The van der Waals surface area contributed by atoms with Gasteiger partial charge < -0.3 is 14.6 Å². The first kappa shape index (κ1) is 21.5. The average molecular weight is 435 g/mol. The van der Waals surface area contributed by atoms with E-state index < -0.39 is 22.0 Å². The number of rotatable bonds is 6. The van der Waals surface area contributed by atoms with Crippen molar-refractivity contribution >= 4 is 10.2 Å². The summed E-state index contributed by atoms with van der Waals surface area (Å²) < 4.78 is 42.5. The molecule has 3 heterocycles. The van der Waals surface area contributed by atoms with Crippen LogP contribution in [0.5, 0.6) is 0 Å². The van der Waals surface area contributed by atoms with Crippen molar-refractivity contribution in [1.82, 2.24) is 19.1 Å². The van der Waals surface area contributed by atoms with Crippen LogP contribution in [0.25, 0.3) is 0 Å². The third-order valence-electron chi connectivity index (χ3n) is 5.88. The number of hydrogen-bond acceptors (Lipinski definition) is 6. The Morgan fingerprint density at radius 2 is 2.03 bits per heavy atom. The molecular formula is C21H30N4O4S. The fraction of sp³-hybridized carbons (Fsp3) is 0.571.